The summed E-state index contributed by atoms with van der Waals surface area (Å²) in [5, 5.41) is 7.12. The number of amides is 1. The summed E-state index contributed by atoms with van der Waals surface area (Å²) in [7, 11) is 0. The topological polar surface area (TPSA) is 84.2 Å². The van der Waals surface area contributed by atoms with Crippen molar-refractivity contribution in [2.45, 2.75) is 36.7 Å². The molecule has 1 amide bonds. The number of hydrogen-bond acceptors (Lipinski definition) is 8. The number of nitrogens with one attached hydrogen (secondary N) is 1. The summed E-state index contributed by atoms with van der Waals surface area (Å²) >= 11 is 2.92. The molecule has 0 saturated carbocycles. The Bertz CT molecular complexity index is 1200. The van der Waals surface area contributed by atoms with Gasteiger partial charge in [-0.15, -0.1) is 11.3 Å². The Morgan fingerprint density at radius 1 is 1.12 bits per heavy atom. The maximum atomic E-state index is 13.1. The minimum absolute atomic E-state index is 0.287. The van der Waals surface area contributed by atoms with Gasteiger partial charge in [-0.3, -0.25) is 15.0 Å². The number of furan rings is 1. The van der Waals surface area contributed by atoms with Crippen molar-refractivity contribution in [3.05, 3.63) is 65.1 Å². The third kappa shape index (κ3) is 4.85. The first kappa shape index (κ1) is 21.1. The Kier molecular flexibility index (Phi) is 6.47. The van der Waals surface area contributed by atoms with Gasteiger partial charge in [0, 0.05) is 41.0 Å². The molecule has 9 heteroatoms. The van der Waals surface area contributed by atoms with Crippen LogP contribution in [0, 0.1) is 0 Å². The summed E-state index contributed by atoms with van der Waals surface area (Å²) in [6.07, 6.45) is 7.22. The number of piperidine rings is 1. The second-order valence-electron chi connectivity index (χ2n) is 7.66. The Hall–Kier alpha value is -2.75. The summed E-state index contributed by atoms with van der Waals surface area (Å²) in [4.78, 5) is 28.7. The summed E-state index contributed by atoms with van der Waals surface area (Å²) in [6.45, 7) is 3.06. The molecule has 0 unspecified atom stereocenters. The minimum atomic E-state index is -0.287. The average molecular weight is 466 g/mol. The lowest BCUT2D eigenvalue weighted by Gasteiger charge is -2.25. The van der Waals surface area contributed by atoms with Gasteiger partial charge in [-0.2, -0.15) is 0 Å². The van der Waals surface area contributed by atoms with E-state index in [-0.39, 0.29) is 5.91 Å². The molecule has 4 heterocycles. The maximum absolute atomic E-state index is 13.1. The largest absolute Gasteiger partial charge is 0.451 e. The van der Waals surface area contributed by atoms with Crippen LogP contribution in [0.1, 0.15) is 41.1 Å². The van der Waals surface area contributed by atoms with Gasteiger partial charge in [-0.25, -0.2) is 15.0 Å². The van der Waals surface area contributed by atoms with Gasteiger partial charge in [0.1, 0.15) is 5.58 Å². The summed E-state index contributed by atoms with van der Waals surface area (Å²) in [6, 6.07) is 9.47. The van der Waals surface area contributed by atoms with Gasteiger partial charge < -0.3 is 4.42 Å². The zero-order valence-electron chi connectivity index (χ0n) is 17.5. The maximum Gasteiger partial charge on any atom is 0.293 e. The highest BCUT2D eigenvalue weighted by molar-refractivity contribution is 7.98. The van der Waals surface area contributed by atoms with E-state index in [0.29, 0.717) is 27.4 Å². The first-order valence-corrected chi connectivity index (χ1v) is 12.5. The van der Waals surface area contributed by atoms with Gasteiger partial charge in [-0.05, 0) is 38.1 Å². The van der Waals surface area contributed by atoms with Crippen LogP contribution in [0.4, 0.5) is 5.13 Å². The van der Waals surface area contributed by atoms with E-state index < -0.39 is 0 Å². The van der Waals surface area contributed by atoms with Crippen molar-refractivity contribution < 1.29 is 9.21 Å². The molecule has 0 aliphatic carbocycles. The molecular weight excluding hydrogens is 442 g/mol. The fourth-order valence-corrected chi connectivity index (χ4v) is 5.39. The molecule has 32 heavy (non-hydrogen) atoms. The lowest BCUT2D eigenvalue weighted by atomic mass is 10.1. The van der Waals surface area contributed by atoms with Crippen molar-refractivity contribution in [3.8, 4) is 0 Å². The number of benzene rings is 1. The number of fused-ring (bicyclic) bond motifs is 1. The fraction of sp³-hybridized carbons (Fsp3) is 0.304. The number of thiazole rings is 1. The molecular formula is C23H23N5O2S2. The number of rotatable bonds is 7. The van der Waals surface area contributed by atoms with E-state index in [1.165, 1.54) is 42.4 Å². The molecule has 4 aromatic rings. The van der Waals surface area contributed by atoms with Crippen LogP contribution in [-0.2, 0) is 12.3 Å². The van der Waals surface area contributed by atoms with E-state index >= 15 is 0 Å². The summed E-state index contributed by atoms with van der Waals surface area (Å²) in [5.74, 6) is 0.550. The molecule has 1 aromatic carbocycles. The molecule has 7 nitrogen and oxygen atoms in total. The van der Waals surface area contributed by atoms with Crippen LogP contribution in [0.15, 0.2) is 57.7 Å². The molecule has 1 N–H and O–H groups in total. The van der Waals surface area contributed by atoms with Gasteiger partial charge >= 0.3 is 0 Å². The molecule has 1 saturated heterocycles. The van der Waals surface area contributed by atoms with Crippen LogP contribution in [0.5, 0.6) is 0 Å². The smallest absolute Gasteiger partial charge is 0.293 e. The van der Waals surface area contributed by atoms with E-state index in [0.717, 1.165) is 36.3 Å². The molecule has 0 spiro atoms. The molecule has 1 aliphatic rings. The van der Waals surface area contributed by atoms with E-state index in [1.54, 1.807) is 18.5 Å². The second kappa shape index (κ2) is 9.81. The molecule has 5 rings (SSSR count). The van der Waals surface area contributed by atoms with Gasteiger partial charge in [0.15, 0.2) is 16.0 Å². The Labute approximate surface area is 194 Å². The average Bonchev–Trinajstić information content (AvgIpc) is 3.43. The van der Waals surface area contributed by atoms with E-state index in [1.807, 2.05) is 29.6 Å². The minimum Gasteiger partial charge on any atom is -0.451 e. The number of carbonyl (C=O) groups excluding carboxylic acids is 1. The van der Waals surface area contributed by atoms with Crippen LogP contribution >= 0.6 is 23.1 Å². The third-order valence-corrected chi connectivity index (χ3v) is 7.11. The summed E-state index contributed by atoms with van der Waals surface area (Å²) < 4.78 is 5.95. The summed E-state index contributed by atoms with van der Waals surface area (Å²) in [5.41, 5.74) is 2.52. The van der Waals surface area contributed by atoms with E-state index in [2.05, 4.69) is 25.2 Å². The molecule has 164 valence electrons. The number of aromatic nitrogens is 3. The Morgan fingerprint density at radius 3 is 2.78 bits per heavy atom. The monoisotopic (exact) mass is 465 g/mol. The van der Waals surface area contributed by atoms with Crippen LogP contribution in [-0.4, -0.2) is 38.8 Å². The number of thioether (sulfide) groups is 1. The first-order valence-electron chi connectivity index (χ1n) is 10.6. The first-order chi connectivity index (χ1) is 15.8. The quantitative estimate of drug-likeness (QED) is 0.296. The van der Waals surface area contributed by atoms with Gasteiger partial charge in [-0.1, -0.05) is 36.4 Å². The van der Waals surface area contributed by atoms with Gasteiger partial charge in [0.25, 0.3) is 5.91 Å². The highest BCUT2D eigenvalue weighted by Crippen LogP contribution is 2.31. The van der Waals surface area contributed by atoms with Crippen molar-refractivity contribution in [1.82, 2.24) is 19.9 Å². The normalized spacial score (nSPS) is 14.6. The zero-order chi connectivity index (χ0) is 21.8. The lowest BCUT2D eigenvalue weighted by molar-refractivity contribution is 0.0997. The van der Waals surface area contributed by atoms with Crippen molar-refractivity contribution >= 4 is 45.1 Å². The Balaban J connectivity index is 1.33. The fourth-order valence-electron chi connectivity index (χ4n) is 3.86. The predicted molar refractivity (Wildman–Crippen MR) is 127 cm³/mol. The number of anilines is 1. The number of likely N-dealkylation sites (tertiary alicyclic amines) is 1. The predicted octanol–water partition coefficient (Wildman–Crippen LogP) is 5.21. The van der Waals surface area contributed by atoms with Crippen molar-refractivity contribution in [2.75, 3.05) is 18.4 Å². The second-order valence-corrected chi connectivity index (χ2v) is 9.46. The van der Waals surface area contributed by atoms with Crippen molar-refractivity contribution in [3.63, 3.8) is 0 Å². The number of para-hydroxylation sites is 1. The zero-order valence-corrected chi connectivity index (χ0v) is 19.1. The molecule has 0 atom stereocenters. The highest BCUT2D eigenvalue weighted by Gasteiger charge is 2.22. The SMILES string of the molecule is O=C(Nc1nc(CN2CCCCC2)cs1)c1oc2ccccc2c1CSc1ncccn1. The number of nitrogens with zero attached hydrogens (tertiary/aromatic N) is 4. The molecule has 3 aromatic heterocycles. The van der Waals surface area contributed by atoms with Crippen molar-refractivity contribution in [1.29, 1.82) is 0 Å². The lowest BCUT2D eigenvalue weighted by Crippen LogP contribution is -2.29. The van der Waals surface area contributed by atoms with Crippen LogP contribution < -0.4 is 5.32 Å². The van der Waals surface area contributed by atoms with E-state index in [4.69, 9.17) is 4.42 Å². The molecule has 1 fully saturated rings. The van der Waals surface area contributed by atoms with Crippen LogP contribution in [0.2, 0.25) is 0 Å². The Morgan fingerprint density at radius 2 is 1.94 bits per heavy atom. The van der Waals surface area contributed by atoms with Crippen molar-refractivity contribution in [2.24, 2.45) is 0 Å². The van der Waals surface area contributed by atoms with Crippen LogP contribution in [0.25, 0.3) is 11.0 Å². The molecule has 1 aliphatic heterocycles. The van der Waals surface area contributed by atoms with E-state index in [9.17, 15) is 4.79 Å². The number of carbonyl (C=O) groups is 1. The number of hydrogen-bond donors (Lipinski definition) is 1. The highest BCUT2D eigenvalue weighted by atomic mass is 32.2. The third-order valence-electron chi connectivity index (χ3n) is 5.40. The van der Waals surface area contributed by atoms with Crippen LogP contribution in [0.3, 0.4) is 0 Å². The molecule has 0 bridgehead atoms. The molecule has 0 radical (unpaired) electrons. The standard InChI is InChI=1S/C23H23N5O2S2/c29-21(27-23-26-16(14-31-23)13-28-11-4-1-5-12-28)20-18(15-32-22-24-9-6-10-25-22)17-7-2-3-8-19(17)30-20/h2-3,6-10,14H,1,4-5,11-13,15H2,(H,26,27,29). The van der Waals surface area contributed by atoms with Gasteiger partial charge in [0.2, 0.25) is 0 Å². The van der Waals surface area contributed by atoms with Gasteiger partial charge in [0.05, 0.1) is 5.69 Å².